The molecule has 1 unspecified atom stereocenters. The molecule has 0 spiro atoms. The van der Waals surface area contributed by atoms with Gasteiger partial charge in [-0.05, 0) is 54.3 Å². The standard InChI is InChI=1S/C14H21NO/c1-14(2,9-15)11-7-6-10-4-3-5-13(16)12(10)8-11/h3-5,11,16H,6-9,15H2,1-2H3. The third-order valence-corrected chi connectivity index (χ3v) is 4.09. The molecular weight excluding hydrogens is 198 g/mol. The molecule has 2 nitrogen and oxygen atoms in total. The molecule has 1 aromatic rings. The van der Waals surface area contributed by atoms with Crippen LogP contribution in [0, 0.1) is 11.3 Å². The minimum absolute atomic E-state index is 0.167. The predicted molar refractivity (Wildman–Crippen MR) is 66.5 cm³/mol. The van der Waals surface area contributed by atoms with Gasteiger partial charge in [-0.2, -0.15) is 0 Å². The predicted octanol–water partition coefficient (Wildman–Crippen LogP) is 2.48. The van der Waals surface area contributed by atoms with Crippen molar-refractivity contribution >= 4 is 0 Å². The maximum Gasteiger partial charge on any atom is 0.119 e. The first-order valence-corrected chi connectivity index (χ1v) is 6.04. The van der Waals surface area contributed by atoms with Gasteiger partial charge in [0.15, 0.2) is 0 Å². The minimum Gasteiger partial charge on any atom is -0.508 e. The topological polar surface area (TPSA) is 46.2 Å². The van der Waals surface area contributed by atoms with Gasteiger partial charge in [0, 0.05) is 0 Å². The average Bonchev–Trinajstić information content (AvgIpc) is 2.29. The van der Waals surface area contributed by atoms with Crippen molar-refractivity contribution in [3.05, 3.63) is 29.3 Å². The van der Waals surface area contributed by atoms with Gasteiger partial charge in [0.2, 0.25) is 0 Å². The van der Waals surface area contributed by atoms with Crippen LogP contribution in [0.3, 0.4) is 0 Å². The van der Waals surface area contributed by atoms with Crippen LogP contribution in [0.5, 0.6) is 5.75 Å². The molecule has 16 heavy (non-hydrogen) atoms. The van der Waals surface area contributed by atoms with E-state index in [0.29, 0.717) is 18.2 Å². The number of phenols is 1. The summed E-state index contributed by atoms with van der Waals surface area (Å²) < 4.78 is 0. The van der Waals surface area contributed by atoms with Gasteiger partial charge in [-0.15, -0.1) is 0 Å². The fourth-order valence-corrected chi connectivity index (χ4v) is 2.60. The molecule has 1 aliphatic carbocycles. The van der Waals surface area contributed by atoms with Crippen LogP contribution >= 0.6 is 0 Å². The Hall–Kier alpha value is -1.02. The van der Waals surface area contributed by atoms with E-state index in [-0.39, 0.29) is 5.41 Å². The molecule has 0 saturated heterocycles. The maximum absolute atomic E-state index is 9.88. The second-order valence-corrected chi connectivity index (χ2v) is 5.55. The van der Waals surface area contributed by atoms with E-state index in [9.17, 15) is 5.11 Å². The summed E-state index contributed by atoms with van der Waals surface area (Å²) in [6.07, 6.45) is 3.21. The molecule has 0 fully saturated rings. The number of benzene rings is 1. The lowest BCUT2D eigenvalue weighted by molar-refractivity contribution is 0.198. The van der Waals surface area contributed by atoms with Crippen LogP contribution < -0.4 is 5.73 Å². The number of hydrogen-bond donors (Lipinski definition) is 2. The molecule has 2 heteroatoms. The molecule has 0 aliphatic heterocycles. The van der Waals surface area contributed by atoms with Crippen LogP contribution in [0.2, 0.25) is 0 Å². The SMILES string of the molecule is CC(C)(CN)C1CCc2cccc(O)c2C1. The fraction of sp³-hybridized carbons (Fsp3) is 0.571. The Bertz CT molecular complexity index is 384. The number of fused-ring (bicyclic) bond motifs is 1. The summed E-state index contributed by atoms with van der Waals surface area (Å²) in [6.45, 7) is 5.16. The summed E-state index contributed by atoms with van der Waals surface area (Å²) in [5.41, 5.74) is 8.45. The van der Waals surface area contributed by atoms with Gasteiger partial charge in [0.05, 0.1) is 0 Å². The first-order valence-electron chi connectivity index (χ1n) is 6.04. The minimum atomic E-state index is 0.167. The molecule has 3 N–H and O–H groups in total. The maximum atomic E-state index is 9.88. The van der Waals surface area contributed by atoms with E-state index < -0.39 is 0 Å². The van der Waals surface area contributed by atoms with Crippen LogP contribution in [-0.4, -0.2) is 11.7 Å². The zero-order valence-electron chi connectivity index (χ0n) is 10.2. The average molecular weight is 219 g/mol. The second-order valence-electron chi connectivity index (χ2n) is 5.55. The molecule has 0 aromatic heterocycles. The molecule has 0 saturated carbocycles. The van der Waals surface area contributed by atoms with E-state index in [1.54, 1.807) is 6.07 Å². The van der Waals surface area contributed by atoms with E-state index >= 15 is 0 Å². The zero-order chi connectivity index (χ0) is 11.8. The summed E-state index contributed by atoms with van der Waals surface area (Å²) in [6, 6.07) is 5.85. The Morgan fingerprint density at radius 3 is 2.88 bits per heavy atom. The molecule has 88 valence electrons. The monoisotopic (exact) mass is 219 g/mol. The van der Waals surface area contributed by atoms with Crippen molar-refractivity contribution in [2.75, 3.05) is 6.54 Å². The molecular formula is C14H21NO. The van der Waals surface area contributed by atoms with Crippen molar-refractivity contribution in [3.8, 4) is 5.75 Å². The molecule has 1 atom stereocenters. The Morgan fingerprint density at radius 1 is 1.44 bits per heavy atom. The highest BCUT2D eigenvalue weighted by atomic mass is 16.3. The Morgan fingerprint density at radius 2 is 2.19 bits per heavy atom. The number of aryl methyl sites for hydroxylation is 1. The molecule has 1 aromatic carbocycles. The zero-order valence-corrected chi connectivity index (χ0v) is 10.2. The van der Waals surface area contributed by atoms with E-state index in [1.165, 1.54) is 12.0 Å². The highest BCUT2D eigenvalue weighted by Crippen LogP contribution is 2.39. The Kier molecular flexibility index (Phi) is 2.94. The lowest BCUT2D eigenvalue weighted by atomic mass is 9.69. The summed E-state index contributed by atoms with van der Waals surface area (Å²) >= 11 is 0. The van der Waals surface area contributed by atoms with Gasteiger partial charge in [0.25, 0.3) is 0 Å². The Balaban J connectivity index is 2.27. The van der Waals surface area contributed by atoms with Crippen LogP contribution in [0.1, 0.15) is 31.4 Å². The quantitative estimate of drug-likeness (QED) is 0.802. The number of rotatable bonds is 2. The smallest absolute Gasteiger partial charge is 0.119 e. The van der Waals surface area contributed by atoms with Gasteiger partial charge in [-0.1, -0.05) is 26.0 Å². The van der Waals surface area contributed by atoms with Gasteiger partial charge >= 0.3 is 0 Å². The largest absolute Gasteiger partial charge is 0.508 e. The van der Waals surface area contributed by atoms with Crippen LogP contribution in [0.25, 0.3) is 0 Å². The van der Waals surface area contributed by atoms with E-state index in [0.717, 1.165) is 18.4 Å². The number of nitrogens with two attached hydrogens (primary N) is 1. The third-order valence-electron chi connectivity index (χ3n) is 4.09. The molecule has 0 amide bonds. The normalized spacial score (nSPS) is 20.6. The van der Waals surface area contributed by atoms with E-state index in [2.05, 4.69) is 19.9 Å². The van der Waals surface area contributed by atoms with E-state index in [1.807, 2.05) is 6.07 Å². The van der Waals surface area contributed by atoms with Gasteiger partial charge in [-0.3, -0.25) is 0 Å². The first-order chi connectivity index (χ1) is 7.54. The van der Waals surface area contributed by atoms with Crippen molar-refractivity contribution in [2.24, 2.45) is 17.1 Å². The van der Waals surface area contributed by atoms with Crippen molar-refractivity contribution in [1.82, 2.24) is 0 Å². The third kappa shape index (κ3) is 1.94. The number of aromatic hydroxyl groups is 1. The van der Waals surface area contributed by atoms with E-state index in [4.69, 9.17) is 5.73 Å². The molecule has 2 rings (SSSR count). The summed E-state index contributed by atoms with van der Waals surface area (Å²) in [7, 11) is 0. The lowest BCUT2D eigenvalue weighted by Crippen LogP contribution is -2.35. The highest BCUT2D eigenvalue weighted by Gasteiger charge is 2.32. The summed E-state index contributed by atoms with van der Waals surface area (Å²) in [4.78, 5) is 0. The van der Waals surface area contributed by atoms with Gasteiger partial charge in [-0.25, -0.2) is 0 Å². The van der Waals surface area contributed by atoms with Crippen molar-refractivity contribution in [2.45, 2.75) is 33.1 Å². The lowest BCUT2D eigenvalue weighted by Gasteiger charge is -2.37. The number of hydrogen-bond acceptors (Lipinski definition) is 2. The highest BCUT2D eigenvalue weighted by molar-refractivity contribution is 5.41. The van der Waals surface area contributed by atoms with Crippen LogP contribution in [0.4, 0.5) is 0 Å². The Labute approximate surface area is 97.5 Å². The van der Waals surface area contributed by atoms with Gasteiger partial charge in [0.1, 0.15) is 5.75 Å². The van der Waals surface area contributed by atoms with Crippen molar-refractivity contribution < 1.29 is 5.11 Å². The molecule has 1 aliphatic rings. The molecule has 0 bridgehead atoms. The van der Waals surface area contributed by atoms with Gasteiger partial charge < -0.3 is 10.8 Å². The molecule has 0 radical (unpaired) electrons. The first kappa shape index (κ1) is 11.5. The number of phenolic OH excluding ortho intramolecular Hbond substituents is 1. The van der Waals surface area contributed by atoms with Crippen LogP contribution in [0.15, 0.2) is 18.2 Å². The second kappa shape index (κ2) is 4.10. The van der Waals surface area contributed by atoms with Crippen LogP contribution in [-0.2, 0) is 12.8 Å². The van der Waals surface area contributed by atoms with Crippen molar-refractivity contribution in [1.29, 1.82) is 0 Å². The summed E-state index contributed by atoms with van der Waals surface area (Å²) in [5.74, 6) is 1.04. The summed E-state index contributed by atoms with van der Waals surface area (Å²) in [5, 5.41) is 9.88. The van der Waals surface area contributed by atoms with Crippen molar-refractivity contribution in [3.63, 3.8) is 0 Å². The molecule has 0 heterocycles. The fourth-order valence-electron chi connectivity index (χ4n) is 2.60.